The van der Waals surface area contributed by atoms with E-state index in [0.717, 1.165) is 16.7 Å². The van der Waals surface area contributed by atoms with E-state index in [-0.39, 0.29) is 0 Å². The van der Waals surface area contributed by atoms with Gasteiger partial charge in [-0.2, -0.15) is 0 Å². The van der Waals surface area contributed by atoms with E-state index in [4.69, 9.17) is 9.84 Å². The van der Waals surface area contributed by atoms with E-state index >= 15 is 0 Å². The number of carboxylic acids is 1. The molecule has 2 aromatic rings. The van der Waals surface area contributed by atoms with Crippen LogP contribution in [0.15, 0.2) is 61.4 Å². The minimum absolute atomic E-state index is 0.291. The Labute approximate surface area is 111 Å². The molecule has 0 aliphatic carbocycles. The molecular formula is C16H14O3. The summed E-state index contributed by atoms with van der Waals surface area (Å²) >= 11 is 0. The van der Waals surface area contributed by atoms with Crippen molar-refractivity contribution in [3.63, 3.8) is 0 Å². The molecule has 96 valence electrons. The van der Waals surface area contributed by atoms with Crippen molar-refractivity contribution in [3.05, 3.63) is 72.5 Å². The highest BCUT2D eigenvalue weighted by atomic mass is 16.5. The zero-order valence-electron chi connectivity index (χ0n) is 10.4. The fourth-order valence-electron chi connectivity index (χ4n) is 1.75. The summed E-state index contributed by atoms with van der Waals surface area (Å²) in [6.45, 7) is 3.99. The molecule has 0 amide bonds. The lowest BCUT2D eigenvalue weighted by molar-refractivity contribution is 0.0697. The molecule has 0 atom stereocenters. The number of rotatable bonds is 5. The number of carboxylic acid groups (broad SMARTS) is 1. The third-order valence-corrected chi connectivity index (χ3v) is 2.79. The van der Waals surface area contributed by atoms with Gasteiger partial charge in [0.15, 0.2) is 0 Å². The van der Waals surface area contributed by atoms with Gasteiger partial charge in [0.1, 0.15) is 6.61 Å². The average molecular weight is 254 g/mol. The third-order valence-electron chi connectivity index (χ3n) is 2.79. The maximum absolute atomic E-state index is 10.8. The number of carbonyl (C=O) groups is 1. The van der Waals surface area contributed by atoms with E-state index in [2.05, 4.69) is 6.58 Å². The summed E-state index contributed by atoms with van der Waals surface area (Å²) in [4.78, 5) is 10.8. The lowest BCUT2D eigenvalue weighted by atomic mass is 10.0. The van der Waals surface area contributed by atoms with E-state index in [1.165, 1.54) is 6.26 Å². The first-order chi connectivity index (χ1) is 9.20. The molecular weight excluding hydrogens is 240 g/mol. The van der Waals surface area contributed by atoms with Gasteiger partial charge in [-0.05, 0) is 28.8 Å². The first-order valence-corrected chi connectivity index (χ1v) is 5.86. The van der Waals surface area contributed by atoms with Crippen LogP contribution in [0.2, 0.25) is 0 Å². The van der Waals surface area contributed by atoms with Crippen molar-refractivity contribution in [1.82, 2.24) is 0 Å². The van der Waals surface area contributed by atoms with Crippen LogP contribution in [0.4, 0.5) is 0 Å². The summed E-state index contributed by atoms with van der Waals surface area (Å²) in [6, 6.07) is 14.7. The highest BCUT2D eigenvalue weighted by Gasteiger charge is 2.03. The van der Waals surface area contributed by atoms with E-state index < -0.39 is 5.97 Å². The normalized spacial score (nSPS) is 9.89. The molecule has 1 N–H and O–H groups in total. The van der Waals surface area contributed by atoms with Crippen molar-refractivity contribution < 1.29 is 14.6 Å². The first-order valence-electron chi connectivity index (χ1n) is 5.86. The van der Waals surface area contributed by atoms with Gasteiger partial charge in [0.2, 0.25) is 0 Å². The van der Waals surface area contributed by atoms with Gasteiger partial charge < -0.3 is 9.84 Å². The fraction of sp³-hybridized carbons (Fsp3) is 0.0625. The molecule has 0 aromatic heterocycles. The monoisotopic (exact) mass is 254 g/mol. The molecule has 0 heterocycles. The largest absolute Gasteiger partial charge is 0.497 e. The van der Waals surface area contributed by atoms with Gasteiger partial charge in [-0.25, -0.2) is 4.79 Å². The standard InChI is InChI=1S/C16H14O3/c1-2-19-11-12-3-5-13(6-4-12)14-7-9-15(10-8-14)16(17)18/h2-10H,1,11H2,(H,17,18). The number of hydrogen-bond donors (Lipinski definition) is 1. The van der Waals surface area contributed by atoms with Crippen LogP contribution < -0.4 is 0 Å². The van der Waals surface area contributed by atoms with Crippen LogP contribution >= 0.6 is 0 Å². The van der Waals surface area contributed by atoms with Crippen molar-refractivity contribution in [2.45, 2.75) is 6.61 Å². The Morgan fingerprint density at radius 3 is 2.05 bits per heavy atom. The molecule has 19 heavy (non-hydrogen) atoms. The Balaban J connectivity index is 2.17. The van der Waals surface area contributed by atoms with E-state index in [1.54, 1.807) is 24.3 Å². The smallest absolute Gasteiger partial charge is 0.335 e. The maximum Gasteiger partial charge on any atom is 0.335 e. The highest BCUT2D eigenvalue weighted by molar-refractivity contribution is 5.88. The van der Waals surface area contributed by atoms with Crippen molar-refractivity contribution in [2.75, 3.05) is 0 Å². The molecule has 2 rings (SSSR count). The highest BCUT2D eigenvalue weighted by Crippen LogP contribution is 2.20. The second-order valence-electron chi connectivity index (χ2n) is 4.06. The minimum atomic E-state index is -0.913. The van der Waals surface area contributed by atoms with E-state index in [0.29, 0.717) is 12.2 Å². The summed E-state index contributed by atoms with van der Waals surface area (Å²) in [5.41, 5.74) is 3.38. The second kappa shape index (κ2) is 5.87. The van der Waals surface area contributed by atoms with Crippen LogP contribution in [0, 0.1) is 0 Å². The van der Waals surface area contributed by atoms with Gasteiger partial charge in [0, 0.05) is 0 Å². The predicted octanol–water partition coefficient (Wildman–Crippen LogP) is 3.71. The van der Waals surface area contributed by atoms with Crippen molar-refractivity contribution in [2.24, 2.45) is 0 Å². The van der Waals surface area contributed by atoms with Crippen LogP contribution in [0.5, 0.6) is 0 Å². The summed E-state index contributed by atoms with van der Waals surface area (Å²) in [6.07, 6.45) is 1.42. The van der Waals surface area contributed by atoms with Crippen LogP contribution in [-0.4, -0.2) is 11.1 Å². The quantitative estimate of drug-likeness (QED) is 0.827. The predicted molar refractivity (Wildman–Crippen MR) is 73.8 cm³/mol. The second-order valence-corrected chi connectivity index (χ2v) is 4.06. The van der Waals surface area contributed by atoms with Gasteiger partial charge in [-0.3, -0.25) is 0 Å². The molecule has 0 fully saturated rings. The molecule has 0 spiro atoms. The Morgan fingerprint density at radius 2 is 1.58 bits per heavy atom. The minimum Gasteiger partial charge on any atom is -0.497 e. The molecule has 0 aliphatic rings. The third kappa shape index (κ3) is 3.22. The summed E-state index contributed by atoms with van der Waals surface area (Å²) in [7, 11) is 0. The zero-order valence-corrected chi connectivity index (χ0v) is 10.4. The molecule has 0 saturated heterocycles. The molecule has 2 aromatic carbocycles. The van der Waals surface area contributed by atoms with Crippen molar-refractivity contribution >= 4 is 5.97 Å². The Morgan fingerprint density at radius 1 is 1.05 bits per heavy atom. The number of benzene rings is 2. The Kier molecular flexibility index (Phi) is 3.98. The van der Waals surface area contributed by atoms with Crippen LogP contribution in [-0.2, 0) is 11.3 Å². The average Bonchev–Trinajstić information content (AvgIpc) is 2.46. The van der Waals surface area contributed by atoms with E-state index in [1.807, 2.05) is 24.3 Å². The van der Waals surface area contributed by atoms with Gasteiger partial charge in [0.05, 0.1) is 11.8 Å². The first kappa shape index (κ1) is 12.9. The van der Waals surface area contributed by atoms with E-state index in [9.17, 15) is 4.79 Å². The molecule has 0 aliphatic heterocycles. The SMILES string of the molecule is C=COCc1ccc(-c2ccc(C(=O)O)cc2)cc1. The molecule has 0 unspecified atom stereocenters. The van der Waals surface area contributed by atoms with Crippen molar-refractivity contribution in [3.8, 4) is 11.1 Å². The van der Waals surface area contributed by atoms with Gasteiger partial charge in [0.25, 0.3) is 0 Å². The molecule has 0 bridgehead atoms. The Bertz CT molecular complexity index is 568. The van der Waals surface area contributed by atoms with Crippen LogP contribution in [0.25, 0.3) is 11.1 Å². The summed E-state index contributed by atoms with van der Waals surface area (Å²) in [5, 5.41) is 8.84. The molecule has 0 radical (unpaired) electrons. The molecule has 3 nitrogen and oxygen atoms in total. The lowest BCUT2D eigenvalue weighted by Crippen LogP contribution is -1.95. The lowest BCUT2D eigenvalue weighted by Gasteiger charge is -2.05. The van der Waals surface area contributed by atoms with Crippen LogP contribution in [0.3, 0.4) is 0 Å². The van der Waals surface area contributed by atoms with Gasteiger partial charge in [-0.15, -0.1) is 0 Å². The maximum atomic E-state index is 10.8. The van der Waals surface area contributed by atoms with Crippen molar-refractivity contribution in [1.29, 1.82) is 0 Å². The Hall–Kier alpha value is -2.55. The molecule has 0 saturated carbocycles. The topological polar surface area (TPSA) is 46.5 Å². The fourth-order valence-corrected chi connectivity index (χ4v) is 1.75. The number of hydrogen-bond acceptors (Lipinski definition) is 2. The van der Waals surface area contributed by atoms with Gasteiger partial charge >= 0.3 is 5.97 Å². The zero-order chi connectivity index (χ0) is 13.7. The molecule has 3 heteroatoms. The summed E-state index contributed by atoms with van der Waals surface area (Å²) in [5.74, 6) is -0.913. The van der Waals surface area contributed by atoms with Gasteiger partial charge in [-0.1, -0.05) is 43.0 Å². The number of aromatic carboxylic acids is 1. The summed E-state index contributed by atoms with van der Waals surface area (Å²) < 4.78 is 5.11. The number of ether oxygens (including phenoxy) is 1. The van der Waals surface area contributed by atoms with Crippen LogP contribution in [0.1, 0.15) is 15.9 Å².